The second-order valence-electron chi connectivity index (χ2n) is 10.9. The molecule has 0 atom stereocenters. The molecule has 2 aromatic heterocycles. The maximum absolute atomic E-state index is 12.4. The third-order valence-corrected chi connectivity index (χ3v) is 8.31. The molecule has 4 rings (SSSR count). The smallest absolute Gasteiger partial charge is 0.305 e. The normalized spacial score (nSPS) is 16.6. The van der Waals surface area contributed by atoms with Crippen molar-refractivity contribution in [3.05, 3.63) is 97.6 Å². The molecule has 0 unspecified atom stereocenters. The van der Waals surface area contributed by atoms with E-state index in [2.05, 4.69) is 33.4 Å². The zero-order chi connectivity index (χ0) is 33.0. The van der Waals surface area contributed by atoms with E-state index in [1.807, 2.05) is 39.0 Å². The average molecular weight is 611 g/mol. The number of aromatic amines is 2. The van der Waals surface area contributed by atoms with E-state index in [1.54, 1.807) is 13.0 Å². The summed E-state index contributed by atoms with van der Waals surface area (Å²) in [7, 11) is 2.71. The van der Waals surface area contributed by atoms with Gasteiger partial charge >= 0.3 is 11.9 Å². The van der Waals surface area contributed by atoms with Gasteiger partial charge in [0.1, 0.15) is 0 Å². The first-order valence-corrected chi connectivity index (χ1v) is 14.5. The van der Waals surface area contributed by atoms with E-state index in [-0.39, 0.29) is 36.6 Å². The highest BCUT2D eigenvalue weighted by Gasteiger charge is 2.23. The van der Waals surface area contributed by atoms with Crippen LogP contribution in [0.25, 0.3) is 18.2 Å². The fourth-order valence-electron chi connectivity index (χ4n) is 5.54. The molecule has 2 amide bonds. The van der Waals surface area contributed by atoms with E-state index < -0.39 is 0 Å². The number of nitrogens with one attached hydrogen (secondary N) is 3. The molecule has 4 heterocycles. The first-order valence-electron chi connectivity index (χ1n) is 14.5. The van der Waals surface area contributed by atoms with E-state index in [0.717, 1.165) is 55.5 Å². The Bertz CT molecular complexity index is 1890. The summed E-state index contributed by atoms with van der Waals surface area (Å²) in [6.45, 7) is 15.1. The lowest BCUT2D eigenvalue weighted by Crippen LogP contribution is -2.15. The van der Waals surface area contributed by atoms with Crippen molar-refractivity contribution in [2.75, 3.05) is 14.2 Å². The maximum Gasteiger partial charge on any atom is 0.305 e. The second-order valence-corrected chi connectivity index (χ2v) is 10.9. The molecule has 0 aromatic carbocycles. The van der Waals surface area contributed by atoms with Crippen LogP contribution in [0.1, 0.15) is 60.3 Å². The Balaban J connectivity index is 1.92. The first kappa shape index (κ1) is 32.7. The molecule has 0 saturated heterocycles. The summed E-state index contributed by atoms with van der Waals surface area (Å²) in [4.78, 5) is 60.1. The Hall–Kier alpha value is -5.25. The number of methoxy groups -OCH3 is 2. The Labute approximate surface area is 261 Å². The predicted octanol–water partition coefficient (Wildman–Crippen LogP) is 3.24. The van der Waals surface area contributed by atoms with Crippen LogP contribution < -0.4 is 16.0 Å². The van der Waals surface area contributed by atoms with Gasteiger partial charge in [0.05, 0.1) is 25.6 Å². The van der Waals surface area contributed by atoms with Gasteiger partial charge in [0.25, 0.3) is 11.8 Å². The van der Waals surface area contributed by atoms with Gasteiger partial charge in [-0.3, -0.25) is 19.2 Å². The van der Waals surface area contributed by atoms with Gasteiger partial charge in [-0.15, -0.1) is 0 Å². The lowest BCUT2D eigenvalue weighted by atomic mass is 10.0. The highest BCUT2D eigenvalue weighted by Crippen LogP contribution is 2.27. The molecule has 3 N–H and O–H groups in total. The zero-order valence-corrected chi connectivity index (χ0v) is 26.5. The summed E-state index contributed by atoms with van der Waals surface area (Å²) < 4.78 is 9.80. The average Bonchev–Trinajstić information content (AvgIpc) is 3.66. The van der Waals surface area contributed by atoms with Gasteiger partial charge in [-0.2, -0.15) is 0 Å². The highest BCUT2D eigenvalue weighted by atomic mass is 16.5. The van der Waals surface area contributed by atoms with E-state index in [9.17, 15) is 19.2 Å². The van der Waals surface area contributed by atoms with Crippen molar-refractivity contribution >= 4 is 47.7 Å². The quantitative estimate of drug-likeness (QED) is 0.334. The number of carbonyl (C=O) groups excluding carboxylic acids is 4. The highest BCUT2D eigenvalue weighted by molar-refractivity contribution is 6.31. The van der Waals surface area contributed by atoms with Crippen molar-refractivity contribution in [2.24, 2.45) is 4.99 Å². The molecule has 0 bridgehead atoms. The maximum atomic E-state index is 12.4. The minimum Gasteiger partial charge on any atom is -0.469 e. The summed E-state index contributed by atoms with van der Waals surface area (Å²) in [5.74, 6) is -1.19. The molecule has 45 heavy (non-hydrogen) atoms. The van der Waals surface area contributed by atoms with Crippen molar-refractivity contribution in [1.82, 2.24) is 15.3 Å². The van der Waals surface area contributed by atoms with Gasteiger partial charge in [-0.1, -0.05) is 25.3 Å². The van der Waals surface area contributed by atoms with E-state index in [1.165, 1.54) is 20.3 Å². The number of amides is 2. The molecule has 2 aliphatic heterocycles. The number of hydrogen-bond acceptors (Lipinski definition) is 6. The second kappa shape index (κ2) is 13.6. The number of aromatic nitrogens is 2. The van der Waals surface area contributed by atoms with Crippen LogP contribution in [0, 0.1) is 13.8 Å². The van der Waals surface area contributed by atoms with Crippen LogP contribution >= 0.6 is 0 Å². The van der Waals surface area contributed by atoms with Gasteiger partial charge in [-0.25, -0.2) is 4.99 Å². The van der Waals surface area contributed by atoms with Crippen LogP contribution in [0.15, 0.2) is 58.3 Å². The molecule has 2 aliphatic rings. The lowest BCUT2D eigenvalue weighted by Gasteiger charge is -2.04. The number of nitrogens with zero attached hydrogens (tertiary/aromatic N) is 1. The lowest BCUT2D eigenvalue weighted by molar-refractivity contribution is -0.141. The number of aliphatic imine (C=N–C) groups is 1. The molecule has 10 nitrogen and oxygen atoms in total. The number of esters is 2. The Kier molecular flexibility index (Phi) is 9.86. The van der Waals surface area contributed by atoms with Crippen LogP contribution in [0.5, 0.6) is 0 Å². The minimum atomic E-state index is -0.337. The standard InChI is InChI=1S/C35H38N4O6/c1-9-22-21(6)34(42)39-29(22)16-27-20(5)25(12-14-33(41)45-8)31(37-27)17-30-24(11-13-32(40)44-7)19(4)26(36-30)15-28-18(3)23(10-2)35(43)38-28/h9-10,15-17,36-37H,1-2,11-14H2,3-8H3,(H,39,42)/b26-15?,29-16+,30-17-. The molecule has 0 radical (unpaired) electrons. The van der Waals surface area contributed by atoms with E-state index >= 15 is 0 Å². The third kappa shape index (κ3) is 6.64. The van der Waals surface area contributed by atoms with Crippen molar-refractivity contribution in [3.63, 3.8) is 0 Å². The SMILES string of the molecule is C=CC1=C(C)C(C=c2[nH]/c(=C\c3[nH]c(/C=C4/NC(=O)C(C)=C4C=C)c(C)c3CCC(=O)OC)c(CCC(=O)OC)c2C)=NC1=O. The molecule has 234 valence electrons. The first-order chi connectivity index (χ1) is 21.4. The molecule has 0 fully saturated rings. The summed E-state index contributed by atoms with van der Waals surface area (Å²) in [5.41, 5.74) is 8.76. The monoisotopic (exact) mass is 610 g/mol. The summed E-state index contributed by atoms with van der Waals surface area (Å²) >= 11 is 0. The predicted molar refractivity (Wildman–Crippen MR) is 173 cm³/mol. The summed E-state index contributed by atoms with van der Waals surface area (Å²) in [6.07, 6.45) is 9.92. The molecule has 0 saturated carbocycles. The zero-order valence-electron chi connectivity index (χ0n) is 26.5. The van der Waals surface area contributed by atoms with Gasteiger partial charge in [0.2, 0.25) is 0 Å². The largest absolute Gasteiger partial charge is 0.469 e. The fraction of sp³-hybridized carbons (Fsp3) is 0.286. The van der Waals surface area contributed by atoms with Crippen molar-refractivity contribution in [2.45, 2.75) is 53.4 Å². The number of H-pyrrole nitrogens is 2. The minimum absolute atomic E-state index is 0.167. The van der Waals surface area contributed by atoms with Gasteiger partial charge in [-0.05, 0) is 86.6 Å². The topological polar surface area (TPSA) is 143 Å². The molecule has 2 aromatic rings. The van der Waals surface area contributed by atoms with Crippen molar-refractivity contribution < 1.29 is 28.7 Å². The van der Waals surface area contributed by atoms with Crippen LogP contribution in [0.4, 0.5) is 0 Å². The molecule has 0 aliphatic carbocycles. The molecular formula is C35H38N4O6. The Morgan fingerprint density at radius 1 is 0.756 bits per heavy atom. The Morgan fingerprint density at radius 3 is 1.96 bits per heavy atom. The third-order valence-electron chi connectivity index (χ3n) is 8.31. The van der Waals surface area contributed by atoms with E-state index in [0.29, 0.717) is 35.4 Å². The van der Waals surface area contributed by atoms with Crippen molar-refractivity contribution in [3.8, 4) is 0 Å². The number of hydrogen-bond donors (Lipinski definition) is 3. The van der Waals surface area contributed by atoms with Gasteiger partial charge < -0.3 is 24.8 Å². The summed E-state index contributed by atoms with van der Waals surface area (Å²) in [6, 6.07) is 0. The van der Waals surface area contributed by atoms with Crippen molar-refractivity contribution in [1.29, 1.82) is 0 Å². The number of allylic oxidation sites excluding steroid dienone is 2. The van der Waals surface area contributed by atoms with Gasteiger partial charge in [0.15, 0.2) is 0 Å². The van der Waals surface area contributed by atoms with Crippen LogP contribution in [0.3, 0.4) is 0 Å². The Morgan fingerprint density at radius 2 is 1.38 bits per heavy atom. The number of rotatable bonds is 11. The molecule has 10 heteroatoms. The summed E-state index contributed by atoms with van der Waals surface area (Å²) in [5, 5.41) is 4.38. The molecule has 0 spiro atoms. The number of carbonyl (C=O) groups is 4. The van der Waals surface area contributed by atoms with Crippen LogP contribution in [-0.4, -0.2) is 53.7 Å². The number of ether oxygens (including phenoxy) is 2. The molecular weight excluding hydrogens is 572 g/mol. The van der Waals surface area contributed by atoms with Gasteiger partial charge in [0, 0.05) is 51.6 Å². The van der Waals surface area contributed by atoms with Crippen LogP contribution in [-0.2, 0) is 41.5 Å². The van der Waals surface area contributed by atoms with Crippen LogP contribution in [0.2, 0.25) is 0 Å². The van der Waals surface area contributed by atoms with E-state index in [4.69, 9.17) is 9.47 Å². The fourth-order valence-corrected chi connectivity index (χ4v) is 5.54.